The normalized spacial score (nSPS) is 19.1. The molecule has 2 N–H and O–H groups in total. The molecular formula is C23H35N5O4. The Bertz CT molecular complexity index is 933. The van der Waals surface area contributed by atoms with E-state index >= 15 is 0 Å². The SMILES string of the molecule is Cc1cc(CC(=O)Nc2cc(C3CCC(NC(=O)OC(C)C)CC3)n(C(C)(C)C)n2)on1. The van der Waals surface area contributed by atoms with Crippen molar-refractivity contribution in [1.82, 2.24) is 20.3 Å². The highest BCUT2D eigenvalue weighted by molar-refractivity contribution is 5.91. The third-order valence-electron chi connectivity index (χ3n) is 5.46. The fourth-order valence-corrected chi connectivity index (χ4v) is 4.08. The molecule has 0 aromatic carbocycles. The number of rotatable bonds is 6. The van der Waals surface area contributed by atoms with E-state index in [0.717, 1.165) is 37.1 Å². The minimum Gasteiger partial charge on any atom is -0.447 e. The Morgan fingerprint density at radius 1 is 1.22 bits per heavy atom. The predicted octanol–water partition coefficient (Wildman–Crippen LogP) is 4.28. The van der Waals surface area contributed by atoms with Crippen LogP contribution < -0.4 is 10.6 Å². The monoisotopic (exact) mass is 445 g/mol. The highest BCUT2D eigenvalue weighted by atomic mass is 16.6. The van der Waals surface area contributed by atoms with Crippen LogP contribution in [-0.4, -0.2) is 39.1 Å². The van der Waals surface area contributed by atoms with E-state index in [2.05, 4.69) is 36.6 Å². The second kappa shape index (κ2) is 9.75. The number of ether oxygens (including phenoxy) is 1. The lowest BCUT2D eigenvalue weighted by Crippen LogP contribution is -2.39. The standard InChI is InChI=1S/C23H35N5O4/c1-14(2)31-22(30)24-17-9-7-16(8-10-17)19-13-20(26-28(19)23(4,5)6)25-21(29)12-18-11-15(3)27-32-18/h11,13-14,16-17H,7-10,12H2,1-6H3,(H,24,30)(H,25,26,29). The first kappa shape index (κ1) is 23.8. The van der Waals surface area contributed by atoms with Gasteiger partial charge in [0, 0.05) is 29.8 Å². The molecule has 0 atom stereocenters. The number of anilines is 1. The molecule has 0 saturated heterocycles. The van der Waals surface area contributed by atoms with Gasteiger partial charge in [-0.05, 0) is 67.2 Å². The highest BCUT2D eigenvalue weighted by Crippen LogP contribution is 2.36. The molecule has 1 saturated carbocycles. The minimum atomic E-state index is -0.352. The Balaban J connectivity index is 1.65. The van der Waals surface area contributed by atoms with Crippen LogP contribution in [0, 0.1) is 6.92 Å². The maximum absolute atomic E-state index is 12.5. The molecule has 3 rings (SSSR count). The van der Waals surface area contributed by atoms with E-state index in [1.54, 1.807) is 6.07 Å². The predicted molar refractivity (Wildman–Crippen MR) is 121 cm³/mol. The van der Waals surface area contributed by atoms with Crippen molar-refractivity contribution in [2.24, 2.45) is 0 Å². The fourth-order valence-electron chi connectivity index (χ4n) is 4.08. The van der Waals surface area contributed by atoms with Gasteiger partial charge in [-0.1, -0.05) is 5.16 Å². The lowest BCUT2D eigenvalue weighted by atomic mass is 9.83. The first-order valence-corrected chi connectivity index (χ1v) is 11.3. The van der Waals surface area contributed by atoms with Gasteiger partial charge in [0.05, 0.1) is 23.8 Å². The minimum absolute atomic E-state index is 0.113. The number of hydrogen-bond acceptors (Lipinski definition) is 6. The molecule has 9 heteroatoms. The molecule has 1 fully saturated rings. The third-order valence-corrected chi connectivity index (χ3v) is 5.46. The van der Waals surface area contributed by atoms with E-state index in [1.165, 1.54) is 0 Å². The number of carbonyl (C=O) groups is 2. The lowest BCUT2D eigenvalue weighted by Gasteiger charge is -2.31. The first-order chi connectivity index (χ1) is 15.0. The maximum Gasteiger partial charge on any atom is 0.407 e. The summed E-state index contributed by atoms with van der Waals surface area (Å²) < 4.78 is 12.3. The summed E-state index contributed by atoms with van der Waals surface area (Å²) in [5.41, 5.74) is 1.62. The van der Waals surface area contributed by atoms with E-state index in [-0.39, 0.29) is 36.1 Å². The fraction of sp³-hybridized carbons (Fsp3) is 0.652. The van der Waals surface area contributed by atoms with Crippen LogP contribution in [0.1, 0.15) is 83.4 Å². The van der Waals surface area contributed by atoms with Gasteiger partial charge in [-0.3, -0.25) is 9.48 Å². The molecule has 0 aliphatic heterocycles. The van der Waals surface area contributed by atoms with Crippen molar-refractivity contribution in [1.29, 1.82) is 0 Å². The molecule has 0 bridgehead atoms. The number of hydrogen-bond donors (Lipinski definition) is 2. The zero-order valence-electron chi connectivity index (χ0n) is 19.9. The smallest absolute Gasteiger partial charge is 0.407 e. The van der Waals surface area contributed by atoms with Gasteiger partial charge in [-0.25, -0.2) is 4.79 Å². The van der Waals surface area contributed by atoms with Gasteiger partial charge in [0.15, 0.2) is 5.82 Å². The van der Waals surface area contributed by atoms with E-state index < -0.39 is 0 Å². The second-order valence-electron chi connectivity index (χ2n) is 9.84. The molecule has 1 aliphatic carbocycles. The summed E-state index contributed by atoms with van der Waals surface area (Å²) in [6.07, 6.45) is 3.24. The van der Waals surface area contributed by atoms with Crippen molar-refractivity contribution >= 4 is 17.8 Å². The largest absolute Gasteiger partial charge is 0.447 e. The summed E-state index contributed by atoms with van der Waals surface area (Å²) >= 11 is 0. The molecule has 0 unspecified atom stereocenters. The molecule has 32 heavy (non-hydrogen) atoms. The number of nitrogens with zero attached hydrogens (tertiary/aromatic N) is 3. The van der Waals surface area contributed by atoms with Crippen LogP contribution in [0.2, 0.25) is 0 Å². The Morgan fingerprint density at radius 3 is 2.47 bits per heavy atom. The van der Waals surface area contributed by atoms with Crippen LogP contribution in [0.4, 0.5) is 10.6 Å². The van der Waals surface area contributed by atoms with Crippen molar-refractivity contribution in [3.8, 4) is 0 Å². The van der Waals surface area contributed by atoms with Crippen LogP contribution in [0.15, 0.2) is 16.7 Å². The lowest BCUT2D eigenvalue weighted by molar-refractivity contribution is -0.115. The van der Waals surface area contributed by atoms with Crippen LogP contribution in [0.5, 0.6) is 0 Å². The number of nitrogens with one attached hydrogen (secondary N) is 2. The zero-order valence-corrected chi connectivity index (χ0v) is 19.9. The second-order valence-corrected chi connectivity index (χ2v) is 9.84. The summed E-state index contributed by atoms with van der Waals surface area (Å²) in [5, 5.41) is 14.4. The van der Waals surface area contributed by atoms with Crippen molar-refractivity contribution in [2.75, 3.05) is 5.32 Å². The maximum atomic E-state index is 12.5. The average molecular weight is 446 g/mol. The van der Waals surface area contributed by atoms with E-state index in [0.29, 0.717) is 17.5 Å². The quantitative estimate of drug-likeness (QED) is 0.687. The molecule has 2 aromatic rings. The number of carbonyl (C=O) groups excluding carboxylic acids is 2. The van der Waals surface area contributed by atoms with Gasteiger partial charge in [0.2, 0.25) is 5.91 Å². The van der Waals surface area contributed by atoms with Gasteiger partial charge < -0.3 is 19.9 Å². The molecular weight excluding hydrogens is 410 g/mol. The van der Waals surface area contributed by atoms with Gasteiger partial charge in [0.1, 0.15) is 5.76 Å². The van der Waals surface area contributed by atoms with Crippen LogP contribution in [0.25, 0.3) is 0 Å². The summed E-state index contributed by atoms with van der Waals surface area (Å²) in [6, 6.07) is 3.84. The number of amides is 2. The van der Waals surface area contributed by atoms with Crippen molar-refractivity contribution in [3.63, 3.8) is 0 Å². The average Bonchev–Trinajstić information content (AvgIpc) is 3.27. The Morgan fingerprint density at radius 2 is 1.91 bits per heavy atom. The van der Waals surface area contributed by atoms with Crippen LogP contribution in [0.3, 0.4) is 0 Å². The Hall–Kier alpha value is -2.84. The Labute approximate surface area is 189 Å². The Kier molecular flexibility index (Phi) is 7.26. The van der Waals surface area contributed by atoms with E-state index in [9.17, 15) is 9.59 Å². The van der Waals surface area contributed by atoms with Crippen molar-refractivity contribution in [3.05, 3.63) is 29.3 Å². The molecule has 1 aliphatic rings. The van der Waals surface area contributed by atoms with Crippen LogP contribution in [-0.2, 0) is 21.5 Å². The summed E-state index contributed by atoms with van der Waals surface area (Å²) in [5.74, 6) is 1.18. The molecule has 2 heterocycles. The molecule has 0 spiro atoms. The third kappa shape index (κ3) is 6.34. The first-order valence-electron chi connectivity index (χ1n) is 11.3. The topological polar surface area (TPSA) is 111 Å². The van der Waals surface area contributed by atoms with Gasteiger partial charge >= 0.3 is 6.09 Å². The van der Waals surface area contributed by atoms with Crippen molar-refractivity contribution in [2.45, 2.75) is 97.2 Å². The molecule has 2 amide bonds. The van der Waals surface area contributed by atoms with Crippen molar-refractivity contribution < 1.29 is 18.8 Å². The number of aromatic nitrogens is 3. The summed E-state index contributed by atoms with van der Waals surface area (Å²) in [7, 11) is 0. The van der Waals surface area contributed by atoms with E-state index in [4.69, 9.17) is 14.4 Å². The summed E-state index contributed by atoms with van der Waals surface area (Å²) in [4.78, 5) is 24.4. The highest BCUT2D eigenvalue weighted by Gasteiger charge is 2.30. The van der Waals surface area contributed by atoms with Gasteiger partial charge in [-0.2, -0.15) is 5.10 Å². The number of aryl methyl sites for hydroxylation is 1. The number of alkyl carbamates (subject to hydrolysis) is 1. The molecule has 2 aromatic heterocycles. The molecule has 0 radical (unpaired) electrons. The van der Waals surface area contributed by atoms with Gasteiger partial charge in [-0.15, -0.1) is 0 Å². The zero-order chi connectivity index (χ0) is 23.5. The van der Waals surface area contributed by atoms with Gasteiger partial charge in [0.25, 0.3) is 0 Å². The van der Waals surface area contributed by atoms with Crippen LogP contribution >= 0.6 is 0 Å². The van der Waals surface area contributed by atoms with E-state index in [1.807, 2.05) is 31.5 Å². The molecule has 9 nitrogen and oxygen atoms in total. The summed E-state index contributed by atoms with van der Waals surface area (Å²) in [6.45, 7) is 11.8. The molecule has 176 valence electrons.